The van der Waals surface area contributed by atoms with E-state index in [1.807, 2.05) is 0 Å². The van der Waals surface area contributed by atoms with Crippen LogP contribution in [0.5, 0.6) is 0 Å². The summed E-state index contributed by atoms with van der Waals surface area (Å²) in [6, 6.07) is 3.45. The predicted molar refractivity (Wildman–Crippen MR) is 56.4 cm³/mol. The number of ether oxygens (including phenoxy) is 1. The summed E-state index contributed by atoms with van der Waals surface area (Å²) in [5.41, 5.74) is 0.341. The molecular weight excluding hydrogens is 235 g/mol. The van der Waals surface area contributed by atoms with Gasteiger partial charge in [0.2, 0.25) is 0 Å². The smallest absolute Gasteiger partial charge is 0.307 e. The van der Waals surface area contributed by atoms with Gasteiger partial charge >= 0.3 is 6.02 Å². The van der Waals surface area contributed by atoms with Crippen LogP contribution in [-0.2, 0) is 14.8 Å². The van der Waals surface area contributed by atoms with Gasteiger partial charge in [-0.05, 0) is 18.2 Å². The van der Waals surface area contributed by atoms with Crippen LogP contribution in [0.2, 0.25) is 0 Å². The lowest BCUT2D eigenvalue weighted by Gasteiger charge is -2.25. The van der Waals surface area contributed by atoms with E-state index in [-0.39, 0.29) is 10.9 Å². The molecule has 7 heteroatoms. The zero-order chi connectivity index (χ0) is 11.9. The Morgan fingerprint density at radius 1 is 1.44 bits per heavy atom. The summed E-state index contributed by atoms with van der Waals surface area (Å²) < 4.78 is 44.6. The third-order valence-electron chi connectivity index (χ3n) is 2.23. The normalized spacial score (nSPS) is 17.7. The topological polar surface area (TPSA) is 59.0 Å². The number of fused-ring (bicyclic) bond motifs is 1. The minimum Gasteiger partial charge on any atom is -0.467 e. The van der Waals surface area contributed by atoms with Gasteiger partial charge in [0.05, 0.1) is 12.8 Å². The van der Waals surface area contributed by atoms with E-state index in [1.165, 1.54) is 24.1 Å². The molecule has 0 N–H and O–H groups in total. The van der Waals surface area contributed by atoms with Crippen molar-refractivity contribution in [1.82, 2.24) is 0 Å². The predicted octanol–water partition coefficient (Wildman–Crippen LogP) is 0.967. The fourth-order valence-corrected chi connectivity index (χ4v) is 2.69. The van der Waals surface area contributed by atoms with Gasteiger partial charge < -0.3 is 4.74 Å². The van der Waals surface area contributed by atoms with Gasteiger partial charge in [-0.3, -0.25) is 4.90 Å². The average Bonchev–Trinajstić information content (AvgIpc) is 2.23. The van der Waals surface area contributed by atoms with Gasteiger partial charge in [-0.25, -0.2) is 4.39 Å². The molecule has 1 aliphatic rings. The van der Waals surface area contributed by atoms with Crippen LogP contribution in [0.4, 0.5) is 10.1 Å². The fraction of sp³-hybridized carbons (Fsp3) is 0.222. The minimum absolute atomic E-state index is 0.0425. The molecule has 1 heterocycles. The van der Waals surface area contributed by atoms with Crippen molar-refractivity contribution in [3.8, 4) is 0 Å². The van der Waals surface area contributed by atoms with Crippen LogP contribution in [0.1, 0.15) is 0 Å². The maximum absolute atomic E-state index is 13.0. The quantitative estimate of drug-likeness (QED) is 0.682. The van der Waals surface area contributed by atoms with Crippen LogP contribution < -0.4 is 4.90 Å². The average molecular weight is 244 g/mol. The van der Waals surface area contributed by atoms with Crippen LogP contribution >= 0.6 is 0 Å². The first kappa shape index (κ1) is 10.9. The molecule has 0 saturated heterocycles. The van der Waals surface area contributed by atoms with Gasteiger partial charge in [0.1, 0.15) is 10.7 Å². The second kappa shape index (κ2) is 3.44. The van der Waals surface area contributed by atoms with E-state index in [1.54, 1.807) is 7.05 Å². The molecule has 0 saturated carbocycles. The Kier molecular flexibility index (Phi) is 2.34. The van der Waals surface area contributed by atoms with Crippen molar-refractivity contribution in [2.24, 2.45) is 4.40 Å². The highest BCUT2D eigenvalue weighted by Crippen LogP contribution is 2.31. The van der Waals surface area contributed by atoms with Crippen LogP contribution in [0.15, 0.2) is 27.5 Å². The molecule has 1 aliphatic heterocycles. The molecule has 0 atom stereocenters. The maximum Gasteiger partial charge on any atom is 0.307 e. The van der Waals surface area contributed by atoms with Gasteiger partial charge in [0, 0.05) is 7.05 Å². The molecule has 86 valence electrons. The number of nitrogens with zero attached hydrogens (tertiary/aromatic N) is 2. The van der Waals surface area contributed by atoms with Gasteiger partial charge in [-0.15, -0.1) is 4.40 Å². The first-order valence-corrected chi connectivity index (χ1v) is 5.82. The molecule has 1 aromatic rings. The molecule has 0 amide bonds. The highest BCUT2D eigenvalue weighted by Gasteiger charge is 2.29. The third kappa shape index (κ3) is 1.53. The summed E-state index contributed by atoms with van der Waals surface area (Å²) in [6.07, 6.45) is 0. The monoisotopic (exact) mass is 244 g/mol. The van der Waals surface area contributed by atoms with Gasteiger partial charge in [-0.2, -0.15) is 8.42 Å². The Balaban J connectivity index is 2.72. The van der Waals surface area contributed by atoms with Crippen LogP contribution in [0, 0.1) is 5.82 Å². The Bertz CT molecular complexity index is 568. The Labute approximate surface area is 92.2 Å². The van der Waals surface area contributed by atoms with Crippen molar-refractivity contribution in [3.05, 3.63) is 24.0 Å². The molecule has 0 bridgehead atoms. The first-order valence-electron chi connectivity index (χ1n) is 4.38. The fourth-order valence-electron chi connectivity index (χ4n) is 1.46. The van der Waals surface area contributed by atoms with E-state index in [2.05, 4.69) is 4.40 Å². The zero-order valence-corrected chi connectivity index (χ0v) is 9.45. The minimum atomic E-state index is -3.88. The number of hydrogen-bond acceptors (Lipinski definition) is 4. The molecule has 0 radical (unpaired) electrons. The molecule has 16 heavy (non-hydrogen) atoms. The number of hydrogen-bond donors (Lipinski definition) is 0. The molecule has 0 spiro atoms. The van der Waals surface area contributed by atoms with Crippen LogP contribution in [0.3, 0.4) is 0 Å². The summed E-state index contributed by atoms with van der Waals surface area (Å²) in [6.45, 7) is 0. The van der Waals surface area contributed by atoms with E-state index in [9.17, 15) is 12.8 Å². The molecule has 0 aromatic heterocycles. The summed E-state index contributed by atoms with van der Waals surface area (Å²) in [7, 11) is -0.968. The lowest BCUT2D eigenvalue weighted by molar-refractivity contribution is 0.393. The van der Waals surface area contributed by atoms with E-state index in [0.29, 0.717) is 5.69 Å². The number of methoxy groups -OCH3 is 1. The highest BCUT2D eigenvalue weighted by atomic mass is 32.2. The first-order chi connectivity index (χ1) is 7.45. The number of benzene rings is 1. The molecule has 2 rings (SSSR count). The number of anilines is 1. The molecular formula is C9H9FN2O3S. The Morgan fingerprint density at radius 2 is 2.12 bits per heavy atom. The second-order valence-corrected chi connectivity index (χ2v) is 4.80. The molecule has 0 unspecified atom stereocenters. The van der Waals surface area contributed by atoms with E-state index in [4.69, 9.17) is 4.74 Å². The summed E-state index contributed by atoms with van der Waals surface area (Å²) >= 11 is 0. The summed E-state index contributed by atoms with van der Waals surface area (Å²) in [5.74, 6) is -0.619. The summed E-state index contributed by atoms with van der Waals surface area (Å²) in [4.78, 5) is 1.28. The van der Waals surface area contributed by atoms with Crippen molar-refractivity contribution < 1.29 is 17.5 Å². The molecule has 0 fully saturated rings. The van der Waals surface area contributed by atoms with E-state index in [0.717, 1.165) is 6.07 Å². The van der Waals surface area contributed by atoms with Crippen molar-refractivity contribution in [3.63, 3.8) is 0 Å². The third-order valence-corrected chi connectivity index (χ3v) is 3.51. The van der Waals surface area contributed by atoms with Gasteiger partial charge in [0.25, 0.3) is 10.0 Å². The molecule has 5 nitrogen and oxygen atoms in total. The lowest BCUT2D eigenvalue weighted by atomic mass is 10.3. The molecule has 0 aliphatic carbocycles. The summed E-state index contributed by atoms with van der Waals surface area (Å²) in [5, 5.41) is 0. The SMILES string of the molecule is COC1=NS(=O)(=O)c2cc(F)ccc2N1C. The lowest BCUT2D eigenvalue weighted by Crippen LogP contribution is -2.33. The van der Waals surface area contributed by atoms with Crippen molar-refractivity contribution in [2.45, 2.75) is 4.90 Å². The Morgan fingerprint density at radius 3 is 2.75 bits per heavy atom. The van der Waals surface area contributed by atoms with Gasteiger partial charge in [0.15, 0.2) is 0 Å². The second-order valence-electron chi connectivity index (χ2n) is 3.22. The number of sulfonamides is 1. The number of amidine groups is 1. The van der Waals surface area contributed by atoms with Crippen LogP contribution in [-0.4, -0.2) is 28.6 Å². The number of rotatable bonds is 0. The maximum atomic E-state index is 13.0. The van der Waals surface area contributed by atoms with Crippen molar-refractivity contribution in [1.29, 1.82) is 0 Å². The number of halogens is 1. The van der Waals surface area contributed by atoms with Crippen molar-refractivity contribution in [2.75, 3.05) is 19.1 Å². The van der Waals surface area contributed by atoms with Crippen LogP contribution in [0.25, 0.3) is 0 Å². The largest absolute Gasteiger partial charge is 0.467 e. The highest BCUT2D eigenvalue weighted by molar-refractivity contribution is 7.90. The van der Waals surface area contributed by atoms with Crippen molar-refractivity contribution >= 4 is 21.7 Å². The zero-order valence-electron chi connectivity index (χ0n) is 8.64. The standard InChI is InChI=1S/C9H9FN2O3S/c1-12-7-4-3-6(10)5-8(7)16(13,14)11-9(12)15-2/h3-5H,1-2H3. The molecule has 1 aromatic carbocycles. The van der Waals surface area contributed by atoms with Gasteiger partial charge in [-0.1, -0.05) is 0 Å². The van der Waals surface area contributed by atoms with E-state index < -0.39 is 15.8 Å². The Hall–Kier alpha value is -1.63. The van der Waals surface area contributed by atoms with E-state index >= 15 is 0 Å².